The van der Waals surface area contributed by atoms with Crippen LogP contribution in [0.4, 0.5) is 0 Å². The fourth-order valence-corrected chi connectivity index (χ4v) is 1.39. The second kappa shape index (κ2) is 3.06. The van der Waals surface area contributed by atoms with Crippen LogP contribution in [0.3, 0.4) is 0 Å². The molecular weight excluding hydrogens is 166 g/mol. The summed E-state index contributed by atoms with van der Waals surface area (Å²) in [4.78, 5) is 16.3. The molecule has 0 unspecified atom stereocenters. The topological polar surface area (TPSA) is 60.7 Å². The highest BCUT2D eigenvalue weighted by Crippen LogP contribution is 2.09. The Kier molecular flexibility index (Phi) is 1.90. The lowest BCUT2D eigenvalue weighted by atomic mass is 10.2. The van der Waals surface area contributed by atoms with Gasteiger partial charge in [-0.15, -0.1) is 0 Å². The molecule has 1 aromatic carbocycles. The summed E-state index contributed by atoms with van der Waals surface area (Å²) >= 11 is 0. The Labute approximate surface area is 75.0 Å². The molecule has 1 aromatic heterocycles. The Balaban J connectivity index is 2.54. The molecule has 0 saturated heterocycles. The maximum absolute atomic E-state index is 10.9. The van der Waals surface area contributed by atoms with E-state index in [0.29, 0.717) is 0 Å². The Morgan fingerprint density at radius 3 is 2.85 bits per heavy atom. The van der Waals surface area contributed by atoms with Crippen molar-refractivity contribution < 1.29 is 0 Å². The second-order valence-corrected chi connectivity index (χ2v) is 2.99. The largest absolute Gasteiger partial charge is 0.323 e. The summed E-state index contributed by atoms with van der Waals surface area (Å²) in [5.41, 5.74) is 2.71. The highest BCUT2D eigenvalue weighted by molar-refractivity contribution is 5.74. The first kappa shape index (κ1) is 8.07. The van der Waals surface area contributed by atoms with E-state index in [1.165, 1.54) is 0 Å². The molecule has 0 aliphatic heterocycles. The van der Waals surface area contributed by atoms with Crippen molar-refractivity contribution in [1.82, 2.24) is 15.3 Å². The highest BCUT2D eigenvalue weighted by atomic mass is 16.1. The lowest BCUT2D eigenvalue weighted by Crippen LogP contribution is -2.04. The van der Waals surface area contributed by atoms with E-state index in [-0.39, 0.29) is 5.69 Å². The van der Waals surface area contributed by atoms with Crippen LogP contribution in [-0.4, -0.2) is 17.0 Å². The van der Waals surface area contributed by atoms with E-state index in [0.717, 1.165) is 23.1 Å². The number of fused-ring (bicyclic) bond motifs is 1. The molecule has 0 bridgehead atoms. The third-order valence-corrected chi connectivity index (χ3v) is 1.96. The molecule has 0 radical (unpaired) electrons. The van der Waals surface area contributed by atoms with Gasteiger partial charge in [-0.25, -0.2) is 4.79 Å². The van der Waals surface area contributed by atoms with E-state index < -0.39 is 0 Å². The van der Waals surface area contributed by atoms with Crippen molar-refractivity contribution in [3.63, 3.8) is 0 Å². The SMILES string of the molecule is CNCc1ccc2[nH]c(=O)[nH]c2c1. The summed E-state index contributed by atoms with van der Waals surface area (Å²) in [6, 6.07) is 5.85. The van der Waals surface area contributed by atoms with Crippen molar-refractivity contribution in [2.75, 3.05) is 7.05 Å². The Bertz CT molecular complexity index is 469. The molecule has 4 heteroatoms. The Morgan fingerprint density at radius 2 is 2.08 bits per heavy atom. The van der Waals surface area contributed by atoms with Crippen LogP contribution in [-0.2, 0) is 6.54 Å². The van der Waals surface area contributed by atoms with Crippen LogP contribution < -0.4 is 11.0 Å². The number of hydrogen-bond donors (Lipinski definition) is 3. The summed E-state index contributed by atoms with van der Waals surface area (Å²) in [5, 5.41) is 3.05. The quantitative estimate of drug-likeness (QED) is 0.628. The Hall–Kier alpha value is -1.55. The number of H-pyrrole nitrogens is 2. The molecule has 4 nitrogen and oxygen atoms in total. The normalized spacial score (nSPS) is 10.8. The van der Waals surface area contributed by atoms with E-state index in [1.807, 2.05) is 25.2 Å². The van der Waals surface area contributed by atoms with Crippen LogP contribution >= 0.6 is 0 Å². The molecule has 0 spiro atoms. The van der Waals surface area contributed by atoms with Crippen LogP contribution in [0.2, 0.25) is 0 Å². The van der Waals surface area contributed by atoms with Gasteiger partial charge < -0.3 is 15.3 Å². The van der Waals surface area contributed by atoms with Crippen LogP contribution in [0.1, 0.15) is 5.56 Å². The molecule has 0 aliphatic rings. The van der Waals surface area contributed by atoms with Gasteiger partial charge in [-0.3, -0.25) is 0 Å². The van der Waals surface area contributed by atoms with Gasteiger partial charge in [0.2, 0.25) is 0 Å². The van der Waals surface area contributed by atoms with Crippen LogP contribution in [0.25, 0.3) is 11.0 Å². The molecule has 1 heterocycles. The minimum absolute atomic E-state index is 0.156. The third-order valence-electron chi connectivity index (χ3n) is 1.96. The molecular formula is C9H11N3O. The highest BCUT2D eigenvalue weighted by Gasteiger charge is 1.98. The van der Waals surface area contributed by atoms with Crippen LogP contribution in [0.15, 0.2) is 23.0 Å². The zero-order valence-corrected chi connectivity index (χ0v) is 7.35. The lowest BCUT2D eigenvalue weighted by molar-refractivity contribution is 0.819. The first-order valence-electron chi connectivity index (χ1n) is 4.15. The van der Waals surface area contributed by atoms with Gasteiger partial charge in [-0.1, -0.05) is 6.07 Å². The molecule has 13 heavy (non-hydrogen) atoms. The predicted molar refractivity (Wildman–Crippen MR) is 51.7 cm³/mol. The summed E-state index contributed by atoms with van der Waals surface area (Å²) in [6.07, 6.45) is 0. The van der Waals surface area contributed by atoms with Gasteiger partial charge in [-0.2, -0.15) is 0 Å². The first-order valence-corrected chi connectivity index (χ1v) is 4.15. The molecule has 0 aliphatic carbocycles. The smallest absolute Gasteiger partial charge is 0.316 e. The number of nitrogens with one attached hydrogen (secondary N) is 3. The average Bonchev–Trinajstić information content (AvgIpc) is 2.44. The minimum atomic E-state index is -0.156. The standard InChI is InChI=1S/C9H11N3O/c1-10-5-6-2-3-7-8(4-6)12-9(13)11-7/h2-4,10H,5H2,1H3,(H2,11,12,13). The van der Waals surface area contributed by atoms with E-state index in [2.05, 4.69) is 15.3 Å². The van der Waals surface area contributed by atoms with Gasteiger partial charge in [-0.05, 0) is 24.7 Å². The van der Waals surface area contributed by atoms with Gasteiger partial charge in [0.25, 0.3) is 0 Å². The zero-order valence-electron chi connectivity index (χ0n) is 7.35. The second-order valence-electron chi connectivity index (χ2n) is 2.99. The first-order chi connectivity index (χ1) is 6.29. The molecule has 0 saturated carbocycles. The monoisotopic (exact) mass is 177 g/mol. The fourth-order valence-electron chi connectivity index (χ4n) is 1.39. The van der Waals surface area contributed by atoms with Gasteiger partial charge in [0, 0.05) is 6.54 Å². The molecule has 0 atom stereocenters. The van der Waals surface area contributed by atoms with Crippen LogP contribution in [0, 0.1) is 0 Å². The maximum atomic E-state index is 10.9. The van der Waals surface area contributed by atoms with E-state index in [9.17, 15) is 4.79 Å². The van der Waals surface area contributed by atoms with Crippen molar-refractivity contribution in [3.05, 3.63) is 34.2 Å². The number of aromatic amines is 2. The Morgan fingerprint density at radius 1 is 1.31 bits per heavy atom. The predicted octanol–water partition coefficient (Wildman–Crippen LogP) is 0.576. The summed E-state index contributed by atoms with van der Waals surface area (Å²) < 4.78 is 0. The minimum Gasteiger partial charge on any atom is -0.316 e. The van der Waals surface area contributed by atoms with Crippen molar-refractivity contribution in [2.45, 2.75) is 6.54 Å². The molecule has 2 rings (SSSR count). The summed E-state index contributed by atoms with van der Waals surface area (Å²) in [7, 11) is 1.89. The zero-order chi connectivity index (χ0) is 9.26. The van der Waals surface area contributed by atoms with Crippen molar-refractivity contribution in [1.29, 1.82) is 0 Å². The number of imidazole rings is 1. The maximum Gasteiger partial charge on any atom is 0.323 e. The van der Waals surface area contributed by atoms with E-state index in [1.54, 1.807) is 0 Å². The summed E-state index contributed by atoms with van der Waals surface area (Å²) in [6.45, 7) is 0.809. The van der Waals surface area contributed by atoms with Gasteiger partial charge in [0.05, 0.1) is 11.0 Å². The fraction of sp³-hybridized carbons (Fsp3) is 0.222. The van der Waals surface area contributed by atoms with E-state index in [4.69, 9.17) is 0 Å². The lowest BCUT2D eigenvalue weighted by Gasteiger charge is -1.98. The van der Waals surface area contributed by atoms with Gasteiger partial charge in [0.1, 0.15) is 0 Å². The van der Waals surface area contributed by atoms with Gasteiger partial charge >= 0.3 is 5.69 Å². The van der Waals surface area contributed by atoms with Crippen LogP contribution in [0.5, 0.6) is 0 Å². The average molecular weight is 177 g/mol. The summed E-state index contributed by atoms with van der Waals surface area (Å²) in [5.74, 6) is 0. The number of rotatable bonds is 2. The molecule has 0 fully saturated rings. The molecule has 3 N–H and O–H groups in total. The number of benzene rings is 1. The third kappa shape index (κ3) is 1.48. The molecule has 2 aromatic rings. The van der Waals surface area contributed by atoms with Crippen molar-refractivity contribution >= 4 is 11.0 Å². The van der Waals surface area contributed by atoms with Crippen molar-refractivity contribution in [3.8, 4) is 0 Å². The number of hydrogen-bond acceptors (Lipinski definition) is 2. The van der Waals surface area contributed by atoms with Crippen molar-refractivity contribution in [2.24, 2.45) is 0 Å². The van der Waals surface area contributed by atoms with E-state index >= 15 is 0 Å². The van der Waals surface area contributed by atoms with Gasteiger partial charge in [0.15, 0.2) is 0 Å². The number of aromatic nitrogens is 2. The molecule has 0 amide bonds. The molecule has 68 valence electrons.